The Kier molecular flexibility index (Phi) is 7.42. The van der Waals surface area contributed by atoms with Crippen LogP contribution >= 0.6 is 11.8 Å². The molecule has 0 saturated carbocycles. The van der Waals surface area contributed by atoms with Crippen molar-refractivity contribution in [3.63, 3.8) is 0 Å². The Morgan fingerprint density at radius 1 is 0.848 bits per heavy atom. The largest absolute Gasteiger partial charge is 0.374 e. The van der Waals surface area contributed by atoms with Gasteiger partial charge in [-0.25, -0.2) is 0 Å². The summed E-state index contributed by atoms with van der Waals surface area (Å²) in [5, 5.41) is 0. The highest BCUT2D eigenvalue weighted by atomic mass is 32.2. The van der Waals surface area contributed by atoms with Crippen molar-refractivity contribution in [3.8, 4) is 11.8 Å². The van der Waals surface area contributed by atoms with Crippen LogP contribution < -0.4 is 0 Å². The molecule has 3 aromatic rings. The fourth-order valence-corrected chi connectivity index (χ4v) is 5.22. The third-order valence-electron chi connectivity index (χ3n) is 5.65. The number of ether oxygens (including phenoxy) is 4. The van der Waals surface area contributed by atoms with Crippen LogP contribution in [0.2, 0.25) is 0 Å². The molecular weight excluding hydrogens is 432 g/mol. The minimum absolute atomic E-state index is 0.209. The van der Waals surface area contributed by atoms with E-state index < -0.39 is 0 Å². The number of hydrogen-bond donors (Lipinski definition) is 0. The second-order valence-electron chi connectivity index (χ2n) is 8.00. The number of thioether (sulfide) groups is 1. The van der Waals surface area contributed by atoms with E-state index in [0.29, 0.717) is 26.4 Å². The van der Waals surface area contributed by atoms with Crippen molar-refractivity contribution in [2.75, 3.05) is 13.2 Å². The Bertz CT molecular complexity index is 1090. The van der Waals surface area contributed by atoms with Crippen molar-refractivity contribution in [1.82, 2.24) is 0 Å². The maximum atomic E-state index is 6.48. The van der Waals surface area contributed by atoms with Gasteiger partial charge in [-0.3, -0.25) is 0 Å². The maximum absolute atomic E-state index is 6.48. The van der Waals surface area contributed by atoms with Gasteiger partial charge in [0.1, 0.15) is 30.4 Å². The number of fused-ring (bicyclic) bond motifs is 2. The normalized spacial score (nSPS) is 23.9. The smallest absolute Gasteiger partial charge is 0.137 e. The quantitative estimate of drug-likeness (QED) is 0.463. The Labute approximate surface area is 199 Å². The van der Waals surface area contributed by atoms with Crippen LogP contribution in [0.25, 0.3) is 0 Å². The predicted octanol–water partition coefficient (Wildman–Crippen LogP) is 5.06. The summed E-state index contributed by atoms with van der Waals surface area (Å²) in [6, 6.07) is 28.5. The molecule has 4 atom stereocenters. The summed E-state index contributed by atoms with van der Waals surface area (Å²) >= 11 is 1.65. The zero-order chi connectivity index (χ0) is 22.3. The third-order valence-corrected chi connectivity index (χ3v) is 6.87. The van der Waals surface area contributed by atoms with Crippen LogP contribution in [-0.4, -0.2) is 37.0 Å². The summed E-state index contributed by atoms with van der Waals surface area (Å²) in [6.07, 6.45) is -0.741. The highest BCUT2D eigenvalue weighted by molar-refractivity contribution is 7.99. The van der Waals surface area contributed by atoms with Crippen molar-refractivity contribution in [3.05, 3.63) is 102 Å². The first-order valence-electron chi connectivity index (χ1n) is 11.2. The summed E-state index contributed by atoms with van der Waals surface area (Å²) in [5.74, 6) is 6.36. The maximum Gasteiger partial charge on any atom is 0.137 e. The molecule has 0 unspecified atom stereocenters. The first-order valence-corrected chi connectivity index (χ1v) is 12.0. The molecule has 0 aliphatic carbocycles. The monoisotopic (exact) mass is 458 g/mol. The zero-order valence-electron chi connectivity index (χ0n) is 18.3. The minimum atomic E-state index is -0.259. The number of rotatable bonds is 7. The molecule has 5 heteroatoms. The summed E-state index contributed by atoms with van der Waals surface area (Å²) in [6.45, 7) is 1.79. The van der Waals surface area contributed by atoms with E-state index in [1.165, 1.54) is 0 Å². The standard InChI is InChI=1S/C28H26O4S/c1-3-10-21(11-4-1)18-29-20-24-26(31-19-22-12-5-2-6-13-22)27-28(32-24)33-25-16-8-7-14-23(25)15-9-17-30-27/h1-8,10-14,16,24,26-28H,17-20H2/t24-,26+,27-,28+/m1/s1. The minimum Gasteiger partial charge on any atom is -0.374 e. The lowest BCUT2D eigenvalue weighted by Gasteiger charge is -2.24. The number of hydrogen-bond acceptors (Lipinski definition) is 5. The summed E-state index contributed by atoms with van der Waals surface area (Å²) < 4.78 is 25.2. The summed E-state index contributed by atoms with van der Waals surface area (Å²) in [5.41, 5.74) is 3.04. The molecule has 2 aliphatic rings. The summed E-state index contributed by atoms with van der Waals surface area (Å²) in [4.78, 5) is 1.10. The number of benzene rings is 3. The molecule has 168 valence electrons. The molecule has 4 nitrogen and oxygen atoms in total. The molecule has 0 spiro atoms. The molecule has 5 rings (SSSR count). The van der Waals surface area contributed by atoms with E-state index >= 15 is 0 Å². The van der Waals surface area contributed by atoms with Crippen LogP contribution in [0.1, 0.15) is 16.7 Å². The van der Waals surface area contributed by atoms with Crippen LogP contribution in [0.5, 0.6) is 0 Å². The van der Waals surface area contributed by atoms with Crippen molar-refractivity contribution in [2.24, 2.45) is 0 Å². The second-order valence-corrected chi connectivity index (χ2v) is 9.14. The van der Waals surface area contributed by atoms with Gasteiger partial charge in [-0.05, 0) is 23.3 Å². The molecule has 2 heterocycles. The van der Waals surface area contributed by atoms with Crippen LogP contribution in [0.15, 0.2) is 89.8 Å². The molecule has 0 amide bonds. The van der Waals surface area contributed by atoms with Gasteiger partial charge in [0.15, 0.2) is 0 Å². The van der Waals surface area contributed by atoms with Crippen molar-refractivity contribution >= 4 is 11.8 Å². The lowest BCUT2D eigenvalue weighted by Crippen LogP contribution is -2.38. The average Bonchev–Trinajstić information content (AvgIpc) is 3.21. The van der Waals surface area contributed by atoms with E-state index in [1.54, 1.807) is 11.8 Å². The van der Waals surface area contributed by atoms with Crippen LogP contribution in [-0.2, 0) is 32.2 Å². The molecule has 1 fully saturated rings. The SMILES string of the molecule is C1#Cc2ccccc2S[C@@H]2O[C@H](COCc3ccccc3)[C@H](OCc3ccccc3)[C@H]2OC1. The summed E-state index contributed by atoms with van der Waals surface area (Å²) in [7, 11) is 0. The first-order chi connectivity index (χ1) is 16.4. The molecule has 0 radical (unpaired) electrons. The zero-order valence-corrected chi connectivity index (χ0v) is 19.1. The molecular formula is C28H26O4S. The van der Waals surface area contributed by atoms with Gasteiger partial charge >= 0.3 is 0 Å². The topological polar surface area (TPSA) is 36.9 Å². The van der Waals surface area contributed by atoms with Crippen molar-refractivity contribution in [1.29, 1.82) is 0 Å². The highest BCUT2D eigenvalue weighted by Crippen LogP contribution is 2.39. The van der Waals surface area contributed by atoms with Gasteiger partial charge in [0.05, 0.1) is 19.8 Å². The Morgan fingerprint density at radius 3 is 2.33 bits per heavy atom. The van der Waals surface area contributed by atoms with E-state index in [9.17, 15) is 0 Å². The molecule has 0 bridgehead atoms. The lowest BCUT2D eigenvalue weighted by molar-refractivity contribution is -0.0830. The molecule has 0 N–H and O–H groups in total. The first kappa shape index (κ1) is 22.2. The van der Waals surface area contributed by atoms with Gasteiger partial charge < -0.3 is 18.9 Å². The van der Waals surface area contributed by atoms with Gasteiger partial charge in [-0.15, -0.1) is 0 Å². The highest BCUT2D eigenvalue weighted by Gasteiger charge is 2.47. The molecule has 3 aromatic carbocycles. The fourth-order valence-electron chi connectivity index (χ4n) is 4.00. The Balaban J connectivity index is 1.32. The van der Waals surface area contributed by atoms with E-state index in [4.69, 9.17) is 18.9 Å². The molecule has 0 aromatic heterocycles. The van der Waals surface area contributed by atoms with Crippen LogP contribution in [0, 0.1) is 11.8 Å². The van der Waals surface area contributed by atoms with Crippen LogP contribution in [0.3, 0.4) is 0 Å². The van der Waals surface area contributed by atoms with Crippen molar-refractivity contribution in [2.45, 2.75) is 41.9 Å². The van der Waals surface area contributed by atoms with E-state index in [-0.39, 0.29) is 23.7 Å². The Hall–Kier alpha value is -2.59. The molecule has 1 saturated heterocycles. The average molecular weight is 459 g/mol. The predicted molar refractivity (Wildman–Crippen MR) is 129 cm³/mol. The molecule has 33 heavy (non-hydrogen) atoms. The fraction of sp³-hybridized carbons (Fsp3) is 0.286. The van der Waals surface area contributed by atoms with Gasteiger partial charge in [0, 0.05) is 10.5 Å². The van der Waals surface area contributed by atoms with E-state index in [1.807, 2.05) is 54.6 Å². The van der Waals surface area contributed by atoms with E-state index in [0.717, 1.165) is 21.6 Å². The van der Waals surface area contributed by atoms with Gasteiger partial charge in [0.2, 0.25) is 0 Å². The second kappa shape index (κ2) is 11.0. The third kappa shape index (κ3) is 5.67. The van der Waals surface area contributed by atoms with Gasteiger partial charge in [0.25, 0.3) is 0 Å². The van der Waals surface area contributed by atoms with E-state index in [2.05, 4.69) is 42.2 Å². The van der Waals surface area contributed by atoms with Crippen molar-refractivity contribution < 1.29 is 18.9 Å². The lowest BCUT2D eigenvalue weighted by atomic mass is 10.1. The van der Waals surface area contributed by atoms with Gasteiger partial charge in [-0.2, -0.15) is 0 Å². The van der Waals surface area contributed by atoms with Gasteiger partial charge in [-0.1, -0.05) is 96.4 Å². The van der Waals surface area contributed by atoms with Crippen LogP contribution in [0.4, 0.5) is 0 Å². The Morgan fingerprint density at radius 2 is 1.55 bits per heavy atom. The molecule has 2 aliphatic heterocycles.